The van der Waals surface area contributed by atoms with Gasteiger partial charge >= 0.3 is 0 Å². The molecule has 0 bridgehead atoms. The zero-order valence-electron chi connectivity index (χ0n) is 8.25. The molecule has 1 unspecified atom stereocenters. The lowest BCUT2D eigenvalue weighted by Crippen LogP contribution is -2.33. The van der Waals surface area contributed by atoms with Crippen LogP contribution in [0.15, 0.2) is 0 Å². The first-order chi connectivity index (χ1) is 6.33. The summed E-state index contributed by atoms with van der Waals surface area (Å²) < 4.78 is 0. The molecule has 1 fully saturated rings. The Morgan fingerprint density at radius 3 is 3.15 bits per heavy atom. The lowest BCUT2D eigenvalue weighted by atomic mass is 10.3. The summed E-state index contributed by atoms with van der Waals surface area (Å²) in [5, 5.41) is 3.54. The fourth-order valence-corrected chi connectivity index (χ4v) is 2.09. The van der Waals surface area contributed by atoms with Gasteiger partial charge < -0.3 is 10.2 Å². The summed E-state index contributed by atoms with van der Waals surface area (Å²) >= 11 is 1.83. The van der Waals surface area contributed by atoms with Gasteiger partial charge in [-0.1, -0.05) is 5.92 Å². The van der Waals surface area contributed by atoms with Crippen molar-refractivity contribution >= 4 is 11.8 Å². The molecular weight excluding hydrogens is 180 g/mol. The van der Waals surface area contributed by atoms with Crippen LogP contribution in [0.5, 0.6) is 0 Å². The Hall–Kier alpha value is -0.170. The number of rotatable bonds is 5. The fraction of sp³-hybridized carbons (Fsp3) is 0.800. The predicted octanol–water partition coefficient (Wildman–Crippen LogP) is 0.646. The van der Waals surface area contributed by atoms with E-state index in [-0.39, 0.29) is 0 Å². The topological polar surface area (TPSA) is 15.3 Å². The largest absolute Gasteiger partial charge is 0.312 e. The van der Waals surface area contributed by atoms with Gasteiger partial charge in [0.15, 0.2) is 0 Å². The van der Waals surface area contributed by atoms with E-state index < -0.39 is 0 Å². The summed E-state index contributed by atoms with van der Waals surface area (Å²) in [4.78, 5) is 2.37. The highest BCUT2D eigenvalue weighted by atomic mass is 32.2. The first kappa shape index (κ1) is 10.9. The minimum absolute atomic E-state index is 0.705. The molecule has 1 aliphatic heterocycles. The van der Waals surface area contributed by atoms with Crippen LogP contribution in [0.2, 0.25) is 0 Å². The Morgan fingerprint density at radius 1 is 1.69 bits per heavy atom. The molecule has 2 nitrogen and oxygen atoms in total. The molecule has 0 aromatic heterocycles. The molecule has 13 heavy (non-hydrogen) atoms. The molecule has 1 saturated heterocycles. The second kappa shape index (κ2) is 6.31. The molecule has 1 atom stereocenters. The van der Waals surface area contributed by atoms with E-state index in [0.717, 1.165) is 18.1 Å². The SMILES string of the molecule is C#CCSCCNC1CCN(C)C1. The Balaban J connectivity index is 1.92. The number of hydrogen-bond donors (Lipinski definition) is 1. The third-order valence-electron chi connectivity index (χ3n) is 2.26. The van der Waals surface area contributed by atoms with E-state index in [9.17, 15) is 0 Å². The monoisotopic (exact) mass is 198 g/mol. The van der Waals surface area contributed by atoms with Gasteiger partial charge in [-0.15, -0.1) is 18.2 Å². The Morgan fingerprint density at radius 2 is 2.54 bits per heavy atom. The van der Waals surface area contributed by atoms with Crippen molar-refractivity contribution in [3.8, 4) is 12.3 Å². The molecule has 1 aliphatic rings. The second-order valence-corrected chi connectivity index (χ2v) is 4.56. The molecule has 74 valence electrons. The standard InChI is InChI=1S/C10H18N2S/c1-3-7-13-8-5-11-10-4-6-12(2)9-10/h1,10-11H,4-9H2,2H3. The van der Waals surface area contributed by atoms with Gasteiger partial charge in [-0.3, -0.25) is 0 Å². The van der Waals surface area contributed by atoms with Gasteiger partial charge in [0.1, 0.15) is 0 Å². The van der Waals surface area contributed by atoms with E-state index in [2.05, 4.69) is 23.2 Å². The minimum Gasteiger partial charge on any atom is -0.312 e. The molecular formula is C10H18N2S. The zero-order chi connectivity index (χ0) is 9.52. The summed E-state index contributed by atoms with van der Waals surface area (Å²) in [6.45, 7) is 3.51. The molecule has 0 radical (unpaired) electrons. The van der Waals surface area contributed by atoms with E-state index in [4.69, 9.17) is 6.42 Å². The smallest absolute Gasteiger partial charge is 0.0545 e. The summed E-state index contributed by atoms with van der Waals surface area (Å²) in [5.41, 5.74) is 0. The molecule has 3 heteroatoms. The van der Waals surface area contributed by atoms with Crippen LogP contribution in [0, 0.1) is 12.3 Å². The molecule has 1 rings (SSSR count). The second-order valence-electron chi connectivity index (χ2n) is 3.46. The third kappa shape index (κ3) is 4.56. The maximum atomic E-state index is 5.15. The molecule has 0 aromatic carbocycles. The first-order valence-electron chi connectivity index (χ1n) is 4.76. The summed E-state index contributed by atoms with van der Waals surface area (Å²) in [7, 11) is 2.18. The Bertz CT molecular complexity index is 176. The van der Waals surface area contributed by atoms with Crippen LogP contribution >= 0.6 is 11.8 Å². The number of nitrogens with one attached hydrogen (secondary N) is 1. The van der Waals surface area contributed by atoms with E-state index in [1.165, 1.54) is 19.5 Å². The van der Waals surface area contributed by atoms with E-state index in [0.29, 0.717) is 6.04 Å². The molecule has 0 amide bonds. The van der Waals surface area contributed by atoms with Crippen LogP contribution in [-0.4, -0.2) is 49.1 Å². The fourth-order valence-electron chi connectivity index (χ4n) is 1.57. The van der Waals surface area contributed by atoms with Crippen molar-refractivity contribution in [3.63, 3.8) is 0 Å². The minimum atomic E-state index is 0.705. The molecule has 0 spiro atoms. The lowest BCUT2D eigenvalue weighted by molar-refractivity contribution is 0.400. The van der Waals surface area contributed by atoms with Crippen molar-refractivity contribution in [1.82, 2.24) is 10.2 Å². The van der Waals surface area contributed by atoms with Gasteiger partial charge in [0, 0.05) is 24.9 Å². The maximum Gasteiger partial charge on any atom is 0.0545 e. The van der Waals surface area contributed by atoms with Crippen LogP contribution in [0.3, 0.4) is 0 Å². The van der Waals surface area contributed by atoms with Crippen LogP contribution in [0.1, 0.15) is 6.42 Å². The van der Waals surface area contributed by atoms with Gasteiger partial charge in [-0.25, -0.2) is 0 Å². The summed E-state index contributed by atoms with van der Waals surface area (Å²) in [5.74, 6) is 4.60. The van der Waals surface area contributed by atoms with Gasteiger partial charge in [-0.05, 0) is 20.0 Å². The Kier molecular flexibility index (Phi) is 5.29. The van der Waals surface area contributed by atoms with Crippen LogP contribution in [-0.2, 0) is 0 Å². The third-order valence-corrected chi connectivity index (χ3v) is 3.12. The number of likely N-dealkylation sites (tertiary alicyclic amines) is 1. The normalized spacial score (nSPS) is 23.2. The summed E-state index contributed by atoms with van der Waals surface area (Å²) in [6.07, 6.45) is 6.44. The summed E-state index contributed by atoms with van der Waals surface area (Å²) in [6, 6.07) is 0.705. The highest BCUT2D eigenvalue weighted by molar-refractivity contribution is 7.99. The van der Waals surface area contributed by atoms with Gasteiger partial charge in [0.25, 0.3) is 0 Å². The molecule has 0 aliphatic carbocycles. The number of nitrogens with zero attached hydrogens (tertiary/aromatic N) is 1. The van der Waals surface area contributed by atoms with Gasteiger partial charge in [0.05, 0.1) is 5.75 Å². The van der Waals surface area contributed by atoms with Crippen LogP contribution in [0.25, 0.3) is 0 Å². The van der Waals surface area contributed by atoms with E-state index in [1.54, 1.807) is 0 Å². The van der Waals surface area contributed by atoms with Gasteiger partial charge in [-0.2, -0.15) is 0 Å². The van der Waals surface area contributed by atoms with Crippen LogP contribution in [0.4, 0.5) is 0 Å². The van der Waals surface area contributed by atoms with Crippen molar-refractivity contribution in [2.45, 2.75) is 12.5 Å². The van der Waals surface area contributed by atoms with Crippen molar-refractivity contribution in [2.24, 2.45) is 0 Å². The number of thioether (sulfide) groups is 1. The van der Waals surface area contributed by atoms with Crippen LogP contribution < -0.4 is 5.32 Å². The molecule has 0 saturated carbocycles. The van der Waals surface area contributed by atoms with E-state index in [1.807, 2.05) is 11.8 Å². The van der Waals surface area contributed by atoms with Crippen molar-refractivity contribution in [2.75, 3.05) is 38.2 Å². The van der Waals surface area contributed by atoms with Crippen molar-refractivity contribution in [1.29, 1.82) is 0 Å². The van der Waals surface area contributed by atoms with Gasteiger partial charge in [0.2, 0.25) is 0 Å². The highest BCUT2D eigenvalue weighted by Crippen LogP contribution is 2.06. The van der Waals surface area contributed by atoms with Crippen molar-refractivity contribution in [3.05, 3.63) is 0 Å². The number of hydrogen-bond acceptors (Lipinski definition) is 3. The lowest BCUT2D eigenvalue weighted by Gasteiger charge is -2.11. The Labute approximate surface area is 85.4 Å². The maximum absolute atomic E-state index is 5.15. The predicted molar refractivity (Wildman–Crippen MR) is 60.1 cm³/mol. The first-order valence-corrected chi connectivity index (χ1v) is 5.91. The molecule has 1 heterocycles. The van der Waals surface area contributed by atoms with E-state index >= 15 is 0 Å². The highest BCUT2D eigenvalue weighted by Gasteiger charge is 2.17. The molecule has 1 N–H and O–H groups in total. The average Bonchev–Trinajstić information content (AvgIpc) is 2.51. The average molecular weight is 198 g/mol. The molecule has 0 aromatic rings. The number of terminal acetylenes is 1. The number of likely N-dealkylation sites (N-methyl/N-ethyl adjacent to an activating group) is 1. The van der Waals surface area contributed by atoms with Crippen molar-refractivity contribution < 1.29 is 0 Å². The zero-order valence-corrected chi connectivity index (χ0v) is 9.07. The quantitative estimate of drug-likeness (QED) is 0.516.